The number of anilines is 1. The minimum atomic E-state index is -0.152. The molecule has 1 N–H and O–H groups in total. The van der Waals surface area contributed by atoms with E-state index in [0.29, 0.717) is 10.1 Å². The van der Waals surface area contributed by atoms with E-state index in [1.807, 2.05) is 44.4 Å². The van der Waals surface area contributed by atoms with Gasteiger partial charge in [0.05, 0.1) is 15.6 Å². The summed E-state index contributed by atoms with van der Waals surface area (Å²) in [6.07, 6.45) is 1.74. The van der Waals surface area contributed by atoms with E-state index in [9.17, 15) is 9.90 Å². The SMILES string of the molecule is CN(C)/N=C1\S/C(=C\c2ccc(O)c(Cl)c2)C(=O)N1c1ccccc1. The fourth-order valence-corrected chi connectivity index (χ4v) is 3.52. The highest BCUT2D eigenvalue weighted by molar-refractivity contribution is 8.19. The number of hydrogen-bond acceptors (Lipinski definition) is 5. The van der Waals surface area contributed by atoms with Crippen molar-refractivity contribution in [2.45, 2.75) is 0 Å². The molecule has 0 saturated carbocycles. The third-order valence-electron chi connectivity index (χ3n) is 3.38. The average Bonchev–Trinajstić information content (AvgIpc) is 2.86. The Morgan fingerprint density at radius 1 is 1.20 bits per heavy atom. The lowest BCUT2D eigenvalue weighted by Gasteiger charge is -2.16. The number of hydrogen-bond donors (Lipinski definition) is 1. The molecule has 0 aromatic heterocycles. The number of phenols is 1. The van der Waals surface area contributed by atoms with Gasteiger partial charge in [-0.15, -0.1) is 0 Å². The first kappa shape index (κ1) is 17.4. The monoisotopic (exact) mass is 373 g/mol. The molecule has 0 atom stereocenters. The molecule has 0 aliphatic carbocycles. The zero-order chi connectivity index (χ0) is 18.0. The quantitative estimate of drug-likeness (QED) is 0.652. The van der Waals surface area contributed by atoms with Gasteiger partial charge in [-0.2, -0.15) is 5.10 Å². The summed E-state index contributed by atoms with van der Waals surface area (Å²) in [5.74, 6) is -0.143. The van der Waals surface area contributed by atoms with E-state index in [1.165, 1.54) is 17.8 Å². The van der Waals surface area contributed by atoms with Crippen LogP contribution in [0.1, 0.15) is 5.56 Å². The van der Waals surface area contributed by atoms with Gasteiger partial charge < -0.3 is 10.1 Å². The standard InChI is InChI=1S/C18H16ClN3O2S/c1-21(2)20-18-22(13-6-4-3-5-7-13)17(24)16(25-18)11-12-8-9-15(23)14(19)10-12/h3-11,23H,1-2H3/b16-11-,20-18-. The molecule has 1 fully saturated rings. The first-order valence-electron chi connectivity index (χ1n) is 7.49. The third kappa shape index (κ3) is 3.81. The lowest BCUT2D eigenvalue weighted by molar-refractivity contribution is -0.113. The van der Waals surface area contributed by atoms with Crippen LogP contribution >= 0.6 is 23.4 Å². The zero-order valence-corrected chi connectivity index (χ0v) is 15.3. The minimum absolute atomic E-state index is 0.00925. The molecule has 1 heterocycles. The maximum absolute atomic E-state index is 12.9. The molecule has 0 spiro atoms. The molecule has 2 aromatic rings. The van der Waals surface area contributed by atoms with Gasteiger partial charge in [-0.25, -0.2) is 0 Å². The summed E-state index contributed by atoms with van der Waals surface area (Å²) in [4.78, 5) is 15.0. The predicted molar refractivity (Wildman–Crippen MR) is 104 cm³/mol. The van der Waals surface area contributed by atoms with Crippen LogP contribution in [0.2, 0.25) is 5.02 Å². The summed E-state index contributed by atoms with van der Waals surface area (Å²) in [6, 6.07) is 14.2. The van der Waals surface area contributed by atoms with Gasteiger partial charge in [0.25, 0.3) is 5.91 Å². The van der Waals surface area contributed by atoms with E-state index in [1.54, 1.807) is 28.1 Å². The first-order valence-corrected chi connectivity index (χ1v) is 8.68. The molecule has 25 heavy (non-hydrogen) atoms. The zero-order valence-electron chi connectivity index (χ0n) is 13.7. The molecule has 1 saturated heterocycles. The molecule has 7 heteroatoms. The fraction of sp³-hybridized carbons (Fsp3) is 0.111. The smallest absolute Gasteiger partial charge is 0.271 e. The van der Waals surface area contributed by atoms with E-state index in [4.69, 9.17) is 11.6 Å². The van der Waals surface area contributed by atoms with Crippen molar-refractivity contribution in [3.05, 3.63) is 64.0 Å². The van der Waals surface area contributed by atoms with Gasteiger partial charge in [-0.05, 0) is 47.7 Å². The Bertz CT molecular complexity index is 866. The van der Waals surface area contributed by atoms with Crippen molar-refractivity contribution in [3.8, 4) is 5.75 Å². The molecule has 1 aliphatic heterocycles. The van der Waals surface area contributed by atoms with E-state index >= 15 is 0 Å². The molecule has 1 aliphatic rings. The number of carbonyl (C=O) groups excluding carboxylic acids is 1. The Balaban J connectivity index is 2.01. The maximum Gasteiger partial charge on any atom is 0.271 e. The van der Waals surface area contributed by atoms with Crippen LogP contribution in [-0.2, 0) is 4.79 Å². The summed E-state index contributed by atoms with van der Waals surface area (Å²) in [7, 11) is 3.62. The number of aromatic hydroxyl groups is 1. The van der Waals surface area contributed by atoms with Gasteiger partial charge in [0.2, 0.25) is 0 Å². The number of benzene rings is 2. The average molecular weight is 374 g/mol. The summed E-state index contributed by atoms with van der Waals surface area (Å²) >= 11 is 7.24. The third-order valence-corrected chi connectivity index (χ3v) is 4.64. The number of nitrogens with zero attached hydrogens (tertiary/aromatic N) is 3. The summed E-state index contributed by atoms with van der Waals surface area (Å²) < 4.78 is 0. The molecular formula is C18H16ClN3O2S. The van der Waals surface area contributed by atoms with Crippen LogP contribution in [0.4, 0.5) is 5.69 Å². The Hall–Kier alpha value is -2.44. The molecule has 5 nitrogen and oxygen atoms in total. The van der Waals surface area contributed by atoms with Crippen LogP contribution in [-0.4, -0.2) is 35.3 Å². The maximum atomic E-state index is 12.9. The fourth-order valence-electron chi connectivity index (χ4n) is 2.28. The number of carbonyl (C=O) groups is 1. The predicted octanol–water partition coefficient (Wildman–Crippen LogP) is 4.00. The highest BCUT2D eigenvalue weighted by Gasteiger charge is 2.35. The van der Waals surface area contributed by atoms with Crippen LogP contribution in [0.3, 0.4) is 0 Å². The molecule has 2 aromatic carbocycles. The molecule has 128 valence electrons. The van der Waals surface area contributed by atoms with E-state index in [-0.39, 0.29) is 16.7 Å². The van der Waals surface area contributed by atoms with Gasteiger partial charge in [0.1, 0.15) is 5.75 Å². The van der Waals surface area contributed by atoms with Crippen LogP contribution in [0.5, 0.6) is 5.75 Å². The number of hydrazone groups is 1. The van der Waals surface area contributed by atoms with Crippen LogP contribution in [0.15, 0.2) is 58.5 Å². The largest absolute Gasteiger partial charge is 0.506 e. The van der Waals surface area contributed by atoms with Gasteiger partial charge in [-0.3, -0.25) is 9.69 Å². The second-order valence-corrected chi connectivity index (χ2v) is 6.94. The second kappa shape index (κ2) is 7.21. The van der Waals surface area contributed by atoms with E-state index in [0.717, 1.165) is 11.3 Å². The van der Waals surface area contributed by atoms with Crippen LogP contribution in [0.25, 0.3) is 6.08 Å². The molecular weight excluding hydrogens is 358 g/mol. The Labute approximate surface area is 155 Å². The molecule has 0 unspecified atom stereocenters. The Morgan fingerprint density at radius 3 is 2.56 bits per heavy atom. The first-order chi connectivity index (χ1) is 12.0. The number of halogens is 1. The van der Waals surface area contributed by atoms with Crippen molar-refractivity contribution in [3.63, 3.8) is 0 Å². The van der Waals surface area contributed by atoms with Crippen molar-refractivity contribution in [2.24, 2.45) is 5.10 Å². The van der Waals surface area contributed by atoms with Gasteiger partial charge in [0, 0.05) is 14.1 Å². The number of para-hydroxylation sites is 1. The van der Waals surface area contributed by atoms with E-state index in [2.05, 4.69) is 5.10 Å². The second-order valence-electron chi connectivity index (χ2n) is 5.53. The highest BCUT2D eigenvalue weighted by Crippen LogP contribution is 2.36. The van der Waals surface area contributed by atoms with Crippen molar-refractivity contribution in [1.82, 2.24) is 5.01 Å². The van der Waals surface area contributed by atoms with Crippen LogP contribution < -0.4 is 4.90 Å². The minimum Gasteiger partial charge on any atom is -0.506 e. The summed E-state index contributed by atoms with van der Waals surface area (Å²) in [5.41, 5.74) is 1.49. The summed E-state index contributed by atoms with van der Waals surface area (Å²) in [6.45, 7) is 0. The lowest BCUT2D eigenvalue weighted by Crippen LogP contribution is -2.30. The normalized spacial score (nSPS) is 17.6. The summed E-state index contributed by atoms with van der Waals surface area (Å²) in [5, 5.41) is 16.4. The van der Waals surface area contributed by atoms with E-state index < -0.39 is 0 Å². The Kier molecular flexibility index (Phi) is 5.01. The molecule has 0 radical (unpaired) electrons. The molecule has 3 rings (SSSR count). The number of rotatable bonds is 3. The van der Waals surface area contributed by atoms with Crippen molar-refractivity contribution in [1.29, 1.82) is 0 Å². The van der Waals surface area contributed by atoms with Crippen LogP contribution in [0, 0.1) is 0 Å². The number of phenolic OH excluding ortho intramolecular Hbond substituents is 1. The highest BCUT2D eigenvalue weighted by atomic mass is 35.5. The topological polar surface area (TPSA) is 56.1 Å². The Morgan fingerprint density at radius 2 is 1.92 bits per heavy atom. The van der Waals surface area contributed by atoms with Gasteiger partial charge >= 0.3 is 0 Å². The van der Waals surface area contributed by atoms with Gasteiger partial charge in [-0.1, -0.05) is 35.9 Å². The van der Waals surface area contributed by atoms with Crippen molar-refractivity contribution >= 4 is 46.2 Å². The number of thioether (sulfide) groups is 1. The number of amidine groups is 1. The van der Waals surface area contributed by atoms with Crippen molar-refractivity contribution < 1.29 is 9.90 Å². The van der Waals surface area contributed by atoms with Gasteiger partial charge in [0.15, 0.2) is 5.17 Å². The van der Waals surface area contributed by atoms with Crippen molar-refractivity contribution in [2.75, 3.05) is 19.0 Å². The number of amides is 1. The molecule has 0 bridgehead atoms. The molecule has 1 amide bonds. The lowest BCUT2D eigenvalue weighted by atomic mass is 10.2.